The van der Waals surface area contributed by atoms with Crippen LogP contribution in [-0.4, -0.2) is 16.4 Å². The third kappa shape index (κ3) is 2.97. The fourth-order valence-corrected chi connectivity index (χ4v) is 3.11. The molecule has 1 aromatic heterocycles. The van der Waals surface area contributed by atoms with Crippen molar-refractivity contribution in [1.29, 1.82) is 0 Å². The Hall–Kier alpha value is -2.81. The number of fused-ring (bicyclic) bond motifs is 1. The Bertz CT molecular complexity index is 977. The Balaban J connectivity index is 1.77. The molecular weight excluding hydrogens is 369 g/mol. The van der Waals surface area contributed by atoms with Crippen molar-refractivity contribution in [2.75, 3.05) is 6.61 Å². The average molecular weight is 382 g/mol. The summed E-state index contributed by atoms with van der Waals surface area (Å²) >= 11 is 0. The van der Waals surface area contributed by atoms with E-state index in [9.17, 15) is 22.0 Å². The van der Waals surface area contributed by atoms with Crippen LogP contribution >= 0.6 is 0 Å². The summed E-state index contributed by atoms with van der Waals surface area (Å²) in [5.41, 5.74) is -0.109. The van der Waals surface area contributed by atoms with E-state index >= 15 is 0 Å². The molecule has 0 aliphatic carbocycles. The van der Waals surface area contributed by atoms with Crippen molar-refractivity contribution in [3.05, 3.63) is 77.1 Å². The lowest BCUT2D eigenvalue weighted by Gasteiger charge is -2.19. The second-order valence-electron chi connectivity index (χ2n) is 6.16. The maximum atomic E-state index is 14.1. The second-order valence-corrected chi connectivity index (χ2v) is 6.16. The van der Waals surface area contributed by atoms with Crippen molar-refractivity contribution in [3.8, 4) is 5.69 Å². The minimum absolute atomic E-state index is 0.0632. The highest BCUT2D eigenvalue weighted by Crippen LogP contribution is 2.26. The molecule has 140 valence electrons. The summed E-state index contributed by atoms with van der Waals surface area (Å²) in [5.74, 6) is -9.78. The summed E-state index contributed by atoms with van der Waals surface area (Å²) in [6.07, 6.45) is 1.78. The molecule has 4 rings (SSSR count). The Morgan fingerprint density at radius 3 is 2.26 bits per heavy atom. The van der Waals surface area contributed by atoms with Gasteiger partial charge in [0.25, 0.3) is 0 Å². The summed E-state index contributed by atoms with van der Waals surface area (Å²) in [5, 5.41) is 3.97. The van der Waals surface area contributed by atoms with Crippen LogP contribution in [-0.2, 0) is 17.8 Å². The van der Waals surface area contributed by atoms with Crippen molar-refractivity contribution in [3.63, 3.8) is 0 Å². The highest BCUT2D eigenvalue weighted by atomic mass is 19.2. The predicted molar refractivity (Wildman–Crippen MR) is 82.4 cm³/mol. The van der Waals surface area contributed by atoms with Crippen LogP contribution in [0.15, 0.2) is 36.7 Å². The Morgan fingerprint density at radius 1 is 0.963 bits per heavy atom. The van der Waals surface area contributed by atoms with E-state index in [1.807, 2.05) is 30.3 Å². The van der Waals surface area contributed by atoms with Gasteiger partial charge in [-0.2, -0.15) is 8.78 Å². The highest BCUT2D eigenvalue weighted by Gasteiger charge is 2.35. The van der Waals surface area contributed by atoms with Gasteiger partial charge < -0.3 is 4.74 Å². The maximum absolute atomic E-state index is 14.1. The van der Waals surface area contributed by atoms with Crippen LogP contribution in [0.5, 0.6) is 0 Å². The van der Waals surface area contributed by atoms with Crippen LogP contribution in [0, 0.1) is 29.1 Å². The van der Waals surface area contributed by atoms with E-state index in [2.05, 4.69) is 5.10 Å². The molecule has 0 saturated carbocycles. The van der Waals surface area contributed by atoms with Crippen LogP contribution < -0.4 is 4.57 Å². The summed E-state index contributed by atoms with van der Waals surface area (Å²) in [6, 6.07) is 9.24. The first kappa shape index (κ1) is 17.6. The standard InChI is InChI=1S/C18H13F5N3O/c19-13-14(20)16(22)18(17(23)15(13)21)26-9-25-11(7-27-8-12(25)24-26)6-10-4-2-1-3-5-10/h1-5,9,11H,6-8H2/q+1. The second kappa shape index (κ2) is 6.73. The number of ether oxygens (including phenoxy) is 1. The fourth-order valence-electron chi connectivity index (χ4n) is 3.11. The molecule has 0 radical (unpaired) electrons. The fraction of sp³-hybridized carbons (Fsp3) is 0.222. The van der Waals surface area contributed by atoms with Crippen LogP contribution in [0.3, 0.4) is 0 Å². The molecule has 0 saturated heterocycles. The van der Waals surface area contributed by atoms with Crippen LogP contribution in [0.1, 0.15) is 17.4 Å². The minimum atomic E-state index is -2.20. The first-order valence-electron chi connectivity index (χ1n) is 8.10. The van der Waals surface area contributed by atoms with Gasteiger partial charge >= 0.3 is 5.82 Å². The molecule has 4 nitrogen and oxygen atoms in total. The summed E-state index contributed by atoms with van der Waals surface area (Å²) in [7, 11) is 0. The molecule has 2 heterocycles. The topological polar surface area (TPSA) is 30.9 Å². The van der Waals surface area contributed by atoms with E-state index in [1.54, 1.807) is 4.57 Å². The Kier molecular flexibility index (Phi) is 4.39. The van der Waals surface area contributed by atoms with Crippen LogP contribution in [0.4, 0.5) is 22.0 Å². The average Bonchev–Trinajstić information content (AvgIpc) is 3.10. The third-order valence-electron chi connectivity index (χ3n) is 4.42. The number of hydrogen-bond donors (Lipinski definition) is 0. The minimum Gasteiger partial charge on any atom is -0.367 e. The van der Waals surface area contributed by atoms with Gasteiger partial charge in [-0.05, 0) is 5.56 Å². The van der Waals surface area contributed by atoms with Gasteiger partial charge in [-0.15, -0.1) is 0 Å². The van der Waals surface area contributed by atoms with Crippen molar-refractivity contribution < 1.29 is 31.3 Å². The number of benzene rings is 2. The van der Waals surface area contributed by atoms with E-state index < -0.39 is 34.8 Å². The van der Waals surface area contributed by atoms with Crippen molar-refractivity contribution in [1.82, 2.24) is 9.78 Å². The largest absolute Gasteiger partial charge is 0.367 e. The van der Waals surface area contributed by atoms with E-state index in [0.29, 0.717) is 23.5 Å². The molecule has 1 aliphatic rings. The highest BCUT2D eigenvalue weighted by molar-refractivity contribution is 5.36. The molecule has 0 amide bonds. The lowest BCUT2D eigenvalue weighted by Crippen LogP contribution is -2.48. The van der Waals surface area contributed by atoms with E-state index in [4.69, 9.17) is 4.74 Å². The molecule has 2 aromatic carbocycles. The van der Waals surface area contributed by atoms with Crippen molar-refractivity contribution in [2.45, 2.75) is 19.1 Å². The van der Waals surface area contributed by atoms with Gasteiger partial charge in [0.1, 0.15) is 12.6 Å². The van der Waals surface area contributed by atoms with Crippen LogP contribution in [0.25, 0.3) is 5.69 Å². The summed E-state index contributed by atoms with van der Waals surface area (Å²) in [6.45, 7) is 0.392. The molecule has 3 aromatic rings. The lowest BCUT2D eigenvalue weighted by molar-refractivity contribution is -0.742. The molecule has 0 spiro atoms. The van der Waals surface area contributed by atoms with E-state index in [1.165, 1.54) is 6.33 Å². The zero-order valence-corrected chi connectivity index (χ0v) is 13.8. The van der Waals surface area contributed by atoms with Crippen molar-refractivity contribution >= 4 is 0 Å². The smallest absolute Gasteiger partial charge is 0.304 e. The quantitative estimate of drug-likeness (QED) is 0.302. The van der Waals surface area contributed by atoms with E-state index in [-0.39, 0.29) is 12.6 Å². The Morgan fingerprint density at radius 2 is 1.59 bits per heavy atom. The molecule has 1 unspecified atom stereocenters. The molecule has 1 aliphatic heterocycles. The van der Waals surface area contributed by atoms with Gasteiger partial charge in [0.05, 0.1) is 6.61 Å². The molecular formula is C18H13F5N3O+. The van der Waals surface area contributed by atoms with Crippen LogP contribution in [0.2, 0.25) is 0 Å². The summed E-state index contributed by atoms with van der Waals surface area (Å²) in [4.78, 5) is 0. The van der Waals surface area contributed by atoms with Gasteiger partial charge in [0, 0.05) is 11.5 Å². The molecule has 9 heteroatoms. The molecule has 0 bridgehead atoms. The first-order valence-corrected chi connectivity index (χ1v) is 8.10. The summed E-state index contributed by atoms with van der Waals surface area (Å²) < 4.78 is 76.2. The number of hydrogen-bond acceptors (Lipinski definition) is 2. The SMILES string of the molecule is Fc1c(F)c(F)c(-n2c[n+]3c(n2)COCC3Cc2ccccc2)c(F)c1F. The van der Waals surface area contributed by atoms with Gasteiger partial charge in [-0.1, -0.05) is 35.0 Å². The molecule has 0 N–H and O–H groups in total. The van der Waals surface area contributed by atoms with Gasteiger partial charge in [0.15, 0.2) is 0 Å². The number of rotatable bonds is 3. The maximum Gasteiger partial charge on any atom is 0.304 e. The normalized spacial score (nSPS) is 16.4. The zero-order chi connectivity index (χ0) is 19.1. The van der Waals surface area contributed by atoms with Gasteiger partial charge in [-0.25, -0.2) is 17.7 Å². The third-order valence-corrected chi connectivity index (χ3v) is 4.42. The molecule has 27 heavy (non-hydrogen) atoms. The predicted octanol–water partition coefficient (Wildman–Crippen LogP) is 3.17. The first-order chi connectivity index (χ1) is 13.0. The lowest BCUT2D eigenvalue weighted by atomic mass is 10.1. The van der Waals surface area contributed by atoms with E-state index in [0.717, 1.165) is 5.56 Å². The molecule has 0 fully saturated rings. The monoisotopic (exact) mass is 382 g/mol. The van der Waals surface area contributed by atoms with Crippen molar-refractivity contribution in [2.24, 2.45) is 0 Å². The number of aromatic nitrogens is 3. The number of nitrogens with zero attached hydrogens (tertiary/aromatic N) is 3. The Labute approximate surface area is 150 Å². The number of halogens is 5. The van der Waals surface area contributed by atoms with Gasteiger partial charge in [-0.3, -0.25) is 0 Å². The molecule has 1 atom stereocenters. The van der Waals surface area contributed by atoms with Gasteiger partial charge in [0.2, 0.25) is 41.1 Å². The zero-order valence-electron chi connectivity index (χ0n) is 13.8.